The van der Waals surface area contributed by atoms with Crippen LogP contribution in [0.1, 0.15) is 139 Å². The Balaban J connectivity index is 1.64. The number of ether oxygens (including phenoxy) is 2. The van der Waals surface area contributed by atoms with Crippen molar-refractivity contribution in [2.75, 3.05) is 0 Å². The summed E-state index contributed by atoms with van der Waals surface area (Å²) in [4.78, 5) is 25.2. The fraction of sp³-hybridized carbons (Fsp3) is 0.933. The first kappa shape index (κ1) is 33.0. The zero-order valence-corrected chi connectivity index (χ0v) is 25.6. The standard InChI is InChI=1S/C30H54N2O6/c1-10-22(26(34)38-24-20-29(6,7)32(36)30(8,9)21-24)16-14-12-11-13-15-17-25(33)37-23-18-27(2,3)31(35)28(4,5)19-23/h22-24H,10-21H2,1-9H3. The van der Waals surface area contributed by atoms with Crippen LogP contribution < -0.4 is 0 Å². The predicted molar refractivity (Wildman–Crippen MR) is 146 cm³/mol. The van der Waals surface area contributed by atoms with Gasteiger partial charge in [0.1, 0.15) is 12.2 Å². The van der Waals surface area contributed by atoms with E-state index in [4.69, 9.17) is 9.47 Å². The normalized spacial score (nSPS) is 24.6. The molecule has 1 atom stereocenters. The van der Waals surface area contributed by atoms with Gasteiger partial charge in [-0.2, -0.15) is 0 Å². The zero-order valence-electron chi connectivity index (χ0n) is 25.6. The molecule has 8 heteroatoms. The van der Waals surface area contributed by atoms with E-state index in [1.807, 2.05) is 62.3 Å². The molecular formula is C30H54N2O6. The Kier molecular flexibility index (Phi) is 11.3. The fourth-order valence-electron chi connectivity index (χ4n) is 6.69. The number of piperidine rings is 2. The van der Waals surface area contributed by atoms with E-state index in [1.165, 1.54) is 0 Å². The molecule has 2 fully saturated rings. The molecule has 2 rings (SSSR count). The molecule has 0 N–H and O–H groups in total. The minimum atomic E-state index is -0.553. The molecule has 0 aromatic heterocycles. The molecule has 0 aliphatic carbocycles. The lowest BCUT2D eigenvalue weighted by Crippen LogP contribution is -2.60. The summed E-state index contributed by atoms with van der Waals surface area (Å²) < 4.78 is 11.6. The van der Waals surface area contributed by atoms with E-state index < -0.39 is 22.2 Å². The summed E-state index contributed by atoms with van der Waals surface area (Å²) in [7, 11) is 0. The van der Waals surface area contributed by atoms with Gasteiger partial charge in [0, 0.05) is 54.3 Å². The summed E-state index contributed by atoms with van der Waals surface area (Å²) in [5.41, 5.74) is -2.20. The quantitative estimate of drug-likeness (QED) is 0.206. The van der Waals surface area contributed by atoms with Crippen molar-refractivity contribution in [3.63, 3.8) is 0 Å². The Morgan fingerprint density at radius 2 is 1.08 bits per heavy atom. The second-order valence-electron chi connectivity index (χ2n) is 14.2. The average Bonchev–Trinajstić information content (AvgIpc) is 2.76. The first-order valence-electron chi connectivity index (χ1n) is 14.8. The van der Waals surface area contributed by atoms with Gasteiger partial charge in [0.2, 0.25) is 0 Å². The Labute approximate surface area is 231 Å². The van der Waals surface area contributed by atoms with E-state index in [-0.39, 0.29) is 30.1 Å². The molecule has 1 unspecified atom stereocenters. The number of unbranched alkanes of at least 4 members (excludes halogenated alkanes) is 4. The molecule has 0 spiro atoms. The van der Waals surface area contributed by atoms with Gasteiger partial charge in [-0.3, -0.25) is 9.59 Å². The van der Waals surface area contributed by atoms with Gasteiger partial charge >= 0.3 is 11.9 Å². The molecule has 38 heavy (non-hydrogen) atoms. The van der Waals surface area contributed by atoms with Gasteiger partial charge in [0.25, 0.3) is 0 Å². The zero-order chi connectivity index (χ0) is 28.9. The second-order valence-corrected chi connectivity index (χ2v) is 14.2. The summed E-state index contributed by atoms with van der Waals surface area (Å²) in [6.45, 7) is 17.3. The van der Waals surface area contributed by atoms with Crippen molar-refractivity contribution >= 4 is 11.9 Å². The van der Waals surface area contributed by atoms with Crippen LogP contribution >= 0.6 is 0 Å². The molecule has 2 aliphatic heterocycles. The van der Waals surface area contributed by atoms with Crippen LogP contribution in [0.15, 0.2) is 0 Å². The SMILES string of the molecule is CCC(CCCCCCCC(=O)OC1CC(C)(C)N([O])C(C)(C)C1)C(=O)OC1CC(C)(C)N([O])C(C)(C)C1. The molecule has 0 saturated carbocycles. The van der Waals surface area contributed by atoms with Gasteiger partial charge in [-0.05, 0) is 74.7 Å². The van der Waals surface area contributed by atoms with E-state index in [0.717, 1.165) is 55.1 Å². The topological polar surface area (TPSA) is 98.9 Å². The first-order valence-corrected chi connectivity index (χ1v) is 14.8. The largest absolute Gasteiger partial charge is 0.462 e. The lowest BCUT2D eigenvalue weighted by Gasteiger charge is -2.49. The van der Waals surface area contributed by atoms with Crippen LogP contribution in [0.5, 0.6) is 0 Å². The van der Waals surface area contributed by atoms with Crippen molar-refractivity contribution in [3.05, 3.63) is 0 Å². The number of rotatable bonds is 12. The van der Waals surface area contributed by atoms with Gasteiger partial charge in [0.05, 0.1) is 5.92 Å². The number of hydrogen-bond donors (Lipinski definition) is 0. The number of carbonyl (C=O) groups is 2. The minimum Gasteiger partial charge on any atom is -0.462 e. The third-order valence-electron chi connectivity index (χ3n) is 8.45. The van der Waals surface area contributed by atoms with Crippen molar-refractivity contribution in [1.82, 2.24) is 10.1 Å². The molecule has 0 amide bonds. The van der Waals surface area contributed by atoms with Crippen molar-refractivity contribution in [2.24, 2.45) is 5.92 Å². The van der Waals surface area contributed by atoms with Crippen LogP contribution in [0, 0.1) is 5.92 Å². The first-order chi connectivity index (χ1) is 17.4. The van der Waals surface area contributed by atoms with E-state index >= 15 is 0 Å². The summed E-state index contributed by atoms with van der Waals surface area (Å²) in [5, 5.41) is 27.3. The van der Waals surface area contributed by atoms with Crippen LogP contribution in [-0.4, -0.2) is 56.4 Å². The predicted octanol–water partition coefficient (Wildman–Crippen LogP) is 6.56. The van der Waals surface area contributed by atoms with Gasteiger partial charge in [-0.25, -0.2) is 0 Å². The van der Waals surface area contributed by atoms with Gasteiger partial charge in [-0.15, -0.1) is 20.5 Å². The molecular weight excluding hydrogens is 484 g/mol. The molecule has 0 bridgehead atoms. The number of nitrogens with zero attached hydrogens (tertiary/aromatic N) is 2. The number of hydroxylamine groups is 4. The second kappa shape index (κ2) is 13.0. The monoisotopic (exact) mass is 538 g/mol. The summed E-state index contributed by atoms with van der Waals surface area (Å²) in [6, 6.07) is 0. The highest BCUT2D eigenvalue weighted by Gasteiger charge is 2.48. The minimum absolute atomic E-state index is 0.115. The van der Waals surface area contributed by atoms with Gasteiger partial charge in [-0.1, -0.05) is 32.6 Å². The van der Waals surface area contributed by atoms with Crippen LogP contribution in [-0.2, 0) is 29.5 Å². The Bertz CT molecular complexity index is 758. The smallest absolute Gasteiger partial charge is 0.309 e. The van der Waals surface area contributed by atoms with E-state index in [0.29, 0.717) is 32.1 Å². The number of carbonyl (C=O) groups excluding carboxylic acids is 2. The molecule has 2 radical (unpaired) electrons. The molecule has 8 nitrogen and oxygen atoms in total. The highest BCUT2D eigenvalue weighted by Crippen LogP contribution is 2.39. The van der Waals surface area contributed by atoms with Crippen molar-refractivity contribution in [2.45, 2.75) is 174 Å². The third kappa shape index (κ3) is 8.90. The van der Waals surface area contributed by atoms with Crippen molar-refractivity contribution < 1.29 is 29.5 Å². The number of esters is 2. The van der Waals surface area contributed by atoms with Gasteiger partial charge < -0.3 is 9.47 Å². The fourth-order valence-corrected chi connectivity index (χ4v) is 6.69. The van der Waals surface area contributed by atoms with E-state index in [9.17, 15) is 20.0 Å². The van der Waals surface area contributed by atoms with Crippen molar-refractivity contribution in [1.29, 1.82) is 0 Å². The van der Waals surface area contributed by atoms with Crippen LogP contribution in [0.4, 0.5) is 0 Å². The molecule has 0 aromatic carbocycles. The number of hydrogen-bond acceptors (Lipinski definition) is 6. The Hall–Kier alpha value is -1.22. The average molecular weight is 539 g/mol. The van der Waals surface area contributed by atoms with Gasteiger partial charge in [0.15, 0.2) is 0 Å². The Morgan fingerprint density at radius 3 is 1.53 bits per heavy atom. The third-order valence-corrected chi connectivity index (χ3v) is 8.45. The summed E-state index contributed by atoms with van der Waals surface area (Å²) in [6.07, 6.45) is 8.43. The highest BCUT2D eigenvalue weighted by molar-refractivity contribution is 5.72. The molecule has 220 valence electrons. The lowest BCUT2D eigenvalue weighted by molar-refractivity contribution is -0.299. The maximum Gasteiger partial charge on any atom is 0.309 e. The summed E-state index contributed by atoms with van der Waals surface area (Å²) >= 11 is 0. The molecule has 2 heterocycles. The van der Waals surface area contributed by atoms with Crippen LogP contribution in [0.3, 0.4) is 0 Å². The lowest BCUT2D eigenvalue weighted by atomic mass is 9.80. The van der Waals surface area contributed by atoms with Crippen molar-refractivity contribution in [3.8, 4) is 0 Å². The van der Waals surface area contributed by atoms with Crippen LogP contribution in [0.2, 0.25) is 0 Å². The highest BCUT2D eigenvalue weighted by atomic mass is 16.6. The molecule has 2 saturated heterocycles. The van der Waals surface area contributed by atoms with E-state index in [1.54, 1.807) is 0 Å². The maximum atomic E-state index is 12.9. The molecule has 0 aromatic rings. The maximum absolute atomic E-state index is 12.9. The summed E-state index contributed by atoms with van der Waals surface area (Å²) in [5.74, 6) is -0.431. The molecule has 2 aliphatic rings. The Morgan fingerprint density at radius 1 is 0.684 bits per heavy atom. The van der Waals surface area contributed by atoms with E-state index in [2.05, 4.69) is 0 Å². The van der Waals surface area contributed by atoms with Crippen LogP contribution in [0.25, 0.3) is 0 Å².